The van der Waals surface area contributed by atoms with Gasteiger partial charge in [0.1, 0.15) is 5.75 Å². The van der Waals surface area contributed by atoms with Crippen LogP contribution in [0.15, 0.2) is 36.1 Å². The predicted molar refractivity (Wildman–Crippen MR) is 72.7 cm³/mol. The van der Waals surface area contributed by atoms with E-state index in [0.717, 1.165) is 25.2 Å². The summed E-state index contributed by atoms with van der Waals surface area (Å²) < 4.78 is 11.0. The van der Waals surface area contributed by atoms with Gasteiger partial charge in [0.25, 0.3) is 0 Å². The van der Waals surface area contributed by atoms with E-state index in [1.54, 1.807) is 0 Å². The van der Waals surface area contributed by atoms with Crippen molar-refractivity contribution in [1.29, 1.82) is 0 Å². The van der Waals surface area contributed by atoms with E-state index in [-0.39, 0.29) is 6.04 Å². The predicted octanol–water partition coefficient (Wildman–Crippen LogP) is 3.04. The van der Waals surface area contributed by atoms with Gasteiger partial charge in [-0.25, -0.2) is 0 Å². The number of nitrogens with one attached hydrogen (secondary N) is 1. The van der Waals surface area contributed by atoms with Crippen molar-refractivity contribution in [2.75, 3.05) is 20.3 Å². The Balaban J connectivity index is 2.21. The lowest BCUT2D eigenvalue weighted by molar-refractivity contribution is 0.220. The van der Waals surface area contributed by atoms with Crippen molar-refractivity contribution in [3.8, 4) is 5.75 Å². The van der Waals surface area contributed by atoms with Gasteiger partial charge in [-0.1, -0.05) is 12.1 Å². The number of hydrogen-bond donors (Lipinski definition) is 1. The normalized spacial score (nSPS) is 16.7. The maximum Gasteiger partial charge on any atom is 0.119 e. The Kier molecular flexibility index (Phi) is 4.65. The summed E-state index contributed by atoms with van der Waals surface area (Å²) in [5.74, 6) is 0.924. The average molecular weight is 247 g/mol. The van der Waals surface area contributed by atoms with Crippen molar-refractivity contribution in [1.82, 2.24) is 5.32 Å². The fraction of sp³-hybridized carbons (Fsp3) is 0.467. The van der Waals surface area contributed by atoms with Crippen molar-refractivity contribution in [3.05, 3.63) is 41.7 Å². The highest BCUT2D eigenvalue weighted by Crippen LogP contribution is 2.29. The molecule has 1 heterocycles. The van der Waals surface area contributed by atoms with Crippen LogP contribution in [-0.4, -0.2) is 20.3 Å². The minimum atomic E-state index is 0.214. The second kappa shape index (κ2) is 6.45. The Morgan fingerprint density at radius 1 is 1.44 bits per heavy atom. The van der Waals surface area contributed by atoms with Crippen LogP contribution in [-0.2, 0) is 4.74 Å². The van der Waals surface area contributed by atoms with Gasteiger partial charge in [-0.15, -0.1) is 0 Å². The van der Waals surface area contributed by atoms with Crippen LogP contribution in [0.4, 0.5) is 0 Å². The summed E-state index contributed by atoms with van der Waals surface area (Å²) in [7, 11) is 1.98. The van der Waals surface area contributed by atoms with Crippen LogP contribution in [0, 0.1) is 0 Å². The first-order chi connectivity index (χ1) is 8.85. The van der Waals surface area contributed by atoms with E-state index in [9.17, 15) is 0 Å². The Labute approximate surface area is 109 Å². The van der Waals surface area contributed by atoms with Crippen molar-refractivity contribution in [2.24, 2.45) is 0 Å². The molecule has 0 saturated carbocycles. The van der Waals surface area contributed by atoms with Crippen LogP contribution < -0.4 is 10.1 Å². The molecule has 0 aromatic heterocycles. The van der Waals surface area contributed by atoms with Gasteiger partial charge < -0.3 is 14.8 Å². The SMILES string of the molecule is CCOc1cccc(C(NC)C2=COCCC2)c1. The highest BCUT2D eigenvalue weighted by Gasteiger charge is 2.17. The molecule has 1 unspecified atom stereocenters. The van der Waals surface area contributed by atoms with Crippen molar-refractivity contribution in [3.63, 3.8) is 0 Å². The molecule has 1 N–H and O–H groups in total. The van der Waals surface area contributed by atoms with E-state index < -0.39 is 0 Å². The standard InChI is InChI=1S/C15H21NO2/c1-3-18-14-8-4-6-12(10-14)15(16-2)13-7-5-9-17-11-13/h4,6,8,10-11,15-16H,3,5,7,9H2,1-2H3. The summed E-state index contributed by atoms with van der Waals surface area (Å²) in [4.78, 5) is 0. The maximum atomic E-state index is 5.55. The largest absolute Gasteiger partial charge is 0.501 e. The summed E-state index contributed by atoms with van der Waals surface area (Å²) in [5.41, 5.74) is 2.53. The molecule has 3 nitrogen and oxygen atoms in total. The quantitative estimate of drug-likeness (QED) is 0.867. The molecular weight excluding hydrogens is 226 g/mol. The van der Waals surface area contributed by atoms with Crippen molar-refractivity contribution < 1.29 is 9.47 Å². The lowest BCUT2D eigenvalue weighted by Gasteiger charge is -2.23. The zero-order valence-corrected chi connectivity index (χ0v) is 11.1. The molecule has 0 bridgehead atoms. The first-order valence-electron chi connectivity index (χ1n) is 6.55. The van der Waals surface area contributed by atoms with Gasteiger partial charge in [0.05, 0.1) is 25.5 Å². The minimum Gasteiger partial charge on any atom is -0.501 e. The number of ether oxygens (including phenoxy) is 2. The van der Waals surface area contributed by atoms with E-state index in [1.165, 1.54) is 11.1 Å². The van der Waals surface area contributed by atoms with Gasteiger partial charge in [-0.05, 0) is 50.1 Å². The molecule has 0 fully saturated rings. The summed E-state index contributed by atoms with van der Waals surface area (Å²) >= 11 is 0. The second-order valence-corrected chi connectivity index (χ2v) is 4.39. The lowest BCUT2D eigenvalue weighted by Crippen LogP contribution is -2.20. The fourth-order valence-electron chi connectivity index (χ4n) is 2.31. The third-order valence-corrected chi connectivity index (χ3v) is 3.12. The Morgan fingerprint density at radius 2 is 2.33 bits per heavy atom. The summed E-state index contributed by atoms with van der Waals surface area (Å²) in [6, 6.07) is 8.46. The lowest BCUT2D eigenvalue weighted by atomic mass is 9.95. The highest BCUT2D eigenvalue weighted by molar-refractivity contribution is 5.35. The molecule has 1 aliphatic rings. The van der Waals surface area contributed by atoms with E-state index in [4.69, 9.17) is 9.47 Å². The van der Waals surface area contributed by atoms with Crippen LogP contribution in [0.1, 0.15) is 31.4 Å². The van der Waals surface area contributed by atoms with Gasteiger partial charge in [0.2, 0.25) is 0 Å². The van der Waals surface area contributed by atoms with E-state index in [2.05, 4.69) is 17.4 Å². The molecule has 1 aromatic rings. The third kappa shape index (κ3) is 3.05. The number of likely N-dealkylation sites (N-methyl/N-ethyl adjacent to an activating group) is 1. The molecule has 0 radical (unpaired) electrons. The first kappa shape index (κ1) is 13.0. The molecule has 18 heavy (non-hydrogen) atoms. The topological polar surface area (TPSA) is 30.5 Å². The fourth-order valence-corrected chi connectivity index (χ4v) is 2.31. The smallest absolute Gasteiger partial charge is 0.119 e. The zero-order valence-electron chi connectivity index (χ0n) is 11.1. The van der Waals surface area contributed by atoms with E-state index in [1.807, 2.05) is 32.4 Å². The summed E-state index contributed by atoms with van der Waals surface area (Å²) in [6.07, 6.45) is 4.08. The summed E-state index contributed by atoms with van der Waals surface area (Å²) in [6.45, 7) is 3.53. The van der Waals surface area contributed by atoms with Crippen LogP contribution in [0.5, 0.6) is 5.75 Å². The Morgan fingerprint density at radius 3 is 3.00 bits per heavy atom. The van der Waals surface area contributed by atoms with Crippen LogP contribution in [0.2, 0.25) is 0 Å². The van der Waals surface area contributed by atoms with Crippen molar-refractivity contribution in [2.45, 2.75) is 25.8 Å². The Bertz CT molecular complexity index is 415. The summed E-state index contributed by atoms with van der Waals surface area (Å²) in [5, 5.41) is 3.35. The highest BCUT2D eigenvalue weighted by atomic mass is 16.5. The monoisotopic (exact) mass is 247 g/mol. The van der Waals surface area contributed by atoms with Gasteiger partial charge in [0, 0.05) is 0 Å². The van der Waals surface area contributed by atoms with Gasteiger partial charge in [-0.2, -0.15) is 0 Å². The first-order valence-corrected chi connectivity index (χ1v) is 6.55. The molecule has 1 aliphatic heterocycles. The van der Waals surface area contributed by atoms with Crippen molar-refractivity contribution >= 4 is 0 Å². The molecule has 0 aliphatic carbocycles. The van der Waals surface area contributed by atoms with Gasteiger partial charge in [0.15, 0.2) is 0 Å². The molecule has 1 aromatic carbocycles. The Hall–Kier alpha value is -1.48. The van der Waals surface area contributed by atoms with Gasteiger partial charge >= 0.3 is 0 Å². The molecule has 98 valence electrons. The minimum absolute atomic E-state index is 0.214. The average Bonchev–Trinajstić information content (AvgIpc) is 2.42. The third-order valence-electron chi connectivity index (χ3n) is 3.12. The van der Waals surface area contributed by atoms with E-state index >= 15 is 0 Å². The maximum absolute atomic E-state index is 5.55. The molecule has 1 atom stereocenters. The molecular formula is C15H21NO2. The molecule has 0 amide bonds. The zero-order chi connectivity index (χ0) is 12.8. The molecule has 2 rings (SSSR count). The number of benzene rings is 1. The van der Waals surface area contributed by atoms with Crippen LogP contribution in [0.25, 0.3) is 0 Å². The molecule has 0 spiro atoms. The van der Waals surface area contributed by atoms with E-state index in [0.29, 0.717) is 6.61 Å². The number of hydrogen-bond acceptors (Lipinski definition) is 3. The number of rotatable bonds is 5. The van der Waals surface area contributed by atoms with Gasteiger partial charge in [-0.3, -0.25) is 0 Å². The van der Waals surface area contributed by atoms with Crippen LogP contribution in [0.3, 0.4) is 0 Å². The molecule has 3 heteroatoms. The molecule has 0 saturated heterocycles. The second-order valence-electron chi connectivity index (χ2n) is 4.39. The van der Waals surface area contributed by atoms with Crippen LogP contribution >= 0.6 is 0 Å².